The van der Waals surface area contributed by atoms with E-state index in [1.807, 2.05) is 37.3 Å². The third kappa shape index (κ3) is 2.85. The van der Waals surface area contributed by atoms with Gasteiger partial charge in [0.15, 0.2) is 0 Å². The summed E-state index contributed by atoms with van der Waals surface area (Å²) in [6.45, 7) is 5.06. The molecule has 0 atom stereocenters. The van der Waals surface area contributed by atoms with Crippen molar-refractivity contribution in [3.05, 3.63) is 53.6 Å². The number of nitrogens with zero attached hydrogens (tertiary/aromatic N) is 3. The molecule has 5 heteroatoms. The van der Waals surface area contributed by atoms with Crippen molar-refractivity contribution in [3.63, 3.8) is 0 Å². The van der Waals surface area contributed by atoms with Crippen LogP contribution in [0.4, 0.5) is 11.5 Å². The lowest BCUT2D eigenvalue weighted by molar-refractivity contribution is 0.123. The normalized spacial score (nSPS) is 14.4. The Labute approximate surface area is 152 Å². The standard InChI is InChI=1S/C21H20N4O/c1-14-3-2-4-16(13-22)20(14)15-5-6-18-17(11-15)12-19(21(23)24-18)25-7-9-26-10-8-25/h2-6,11-12H,7-10H2,1H3,(H2,23,24). The molecule has 4 rings (SSSR count). The van der Waals surface area contributed by atoms with Crippen LogP contribution in [-0.2, 0) is 4.74 Å². The summed E-state index contributed by atoms with van der Waals surface area (Å²) >= 11 is 0. The number of hydrogen-bond acceptors (Lipinski definition) is 5. The zero-order chi connectivity index (χ0) is 18.1. The Balaban J connectivity index is 1.85. The summed E-state index contributed by atoms with van der Waals surface area (Å²) in [6.07, 6.45) is 0. The van der Waals surface area contributed by atoms with Gasteiger partial charge in [-0.15, -0.1) is 0 Å². The van der Waals surface area contributed by atoms with Gasteiger partial charge in [0.2, 0.25) is 0 Å². The molecule has 0 spiro atoms. The fourth-order valence-electron chi connectivity index (χ4n) is 3.54. The third-order valence-corrected chi connectivity index (χ3v) is 4.86. The van der Waals surface area contributed by atoms with E-state index in [4.69, 9.17) is 10.5 Å². The number of hydrogen-bond donors (Lipinski definition) is 1. The van der Waals surface area contributed by atoms with Gasteiger partial charge in [-0.1, -0.05) is 18.2 Å². The first kappa shape index (κ1) is 16.4. The molecule has 3 aromatic rings. The highest BCUT2D eigenvalue weighted by atomic mass is 16.5. The van der Waals surface area contributed by atoms with Crippen molar-refractivity contribution < 1.29 is 4.74 Å². The maximum atomic E-state index is 9.47. The minimum atomic E-state index is 0.542. The van der Waals surface area contributed by atoms with Gasteiger partial charge in [-0.3, -0.25) is 0 Å². The second kappa shape index (κ2) is 6.66. The number of nitriles is 1. The zero-order valence-electron chi connectivity index (χ0n) is 14.7. The van der Waals surface area contributed by atoms with Gasteiger partial charge in [0, 0.05) is 24.0 Å². The van der Waals surface area contributed by atoms with Gasteiger partial charge in [0.1, 0.15) is 5.82 Å². The quantitative estimate of drug-likeness (QED) is 0.770. The second-order valence-electron chi connectivity index (χ2n) is 6.51. The van der Waals surface area contributed by atoms with E-state index in [9.17, 15) is 5.26 Å². The maximum Gasteiger partial charge on any atom is 0.147 e. The molecule has 0 unspecified atom stereocenters. The van der Waals surface area contributed by atoms with Gasteiger partial charge in [0.25, 0.3) is 0 Å². The van der Waals surface area contributed by atoms with Crippen molar-refractivity contribution in [3.8, 4) is 17.2 Å². The van der Waals surface area contributed by atoms with Gasteiger partial charge in [0.05, 0.1) is 36.1 Å². The lowest BCUT2D eigenvalue weighted by Crippen LogP contribution is -2.36. The summed E-state index contributed by atoms with van der Waals surface area (Å²) in [5.41, 5.74) is 11.8. The van der Waals surface area contributed by atoms with Crippen LogP contribution >= 0.6 is 0 Å². The van der Waals surface area contributed by atoms with E-state index in [-0.39, 0.29) is 0 Å². The Morgan fingerprint density at radius 2 is 1.96 bits per heavy atom. The highest BCUT2D eigenvalue weighted by Crippen LogP contribution is 2.32. The number of aryl methyl sites for hydroxylation is 1. The number of nitrogen functional groups attached to an aromatic ring is 1. The van der Waals surface area contributed by atoms with Crippen molar-refractivity contribution in [2.24, 2.45) is 0 Å². The van der Waals surface area contributed by atoms with E-state index in [2.05, 4.69) is 28.1 Å². The molecule has 1 saturated heterocycles. The van der Waals surface area contributed by atoms with Crippen LogP contribution in [0.15, 0.2) is 42.5 Å². The molecule has 2 heterocycles. The van der Waals surface area contributed by atoms with Crippen molar-refractivity contribution in [1.29, 1.82) is 5.26 Å². The Kier molecular flexibility index (Phi) is 4.19. The lowest BCUT2D eigenvalue weighted by atomic mass is 9.94. The Bertz CT molecular complexity index is 1020. The number of anilines is 2. The number of rotatable bonds is 2. The highest BCUT2D eigenvalue weighted by Gasteiger charge is 2.16. The summed E-state index contributed by atoms with van der Waals surface area (Å²) in [6, 6.07) is 16.3. The van der Waals surface area contributed by atoms with E-state index >= 15 is 0 Å². The summed E-state index contributed by atoms with van der Waals surface area (Å²) in [5, 5.41) is 10.5. The summed E-state index contributed by atoms with van der Waals surface area (Å²) in [4.78, 5) is 6.80. The Hall–Kier alpha value is -3.10. The molecule has 130 valence electrons. The average molecular weight is 344 g/mol. The first-order valence-corrected chi connectivity index (χ1v) is 8.70. The SMILES string of the molecule is Cc1cccc(C#N)c1-c1ccc2nc(N)c(N3CCOCC3)cc2c1. The van der Waals surface area contributed by atoms with Crippen molar-refractivity contribution in [1.82, 2.24) is 4.98 Å². The first-order chi connectivity index (χ1) is 12.7. The molecule has 0 saturated carbocycles. The lowest BCUT2D eigenvalue weighted by Gasteiger charge is -2.29. The number of pyridine rings is 1. The van der Waals surface area contributed by atoms with E-state index in [0.717, 1.165) is 46.4 Å². The molecule has 1 aliphatic heterocycles. The van der Waals surface area contributed by atoms with Gasteiger partial charge >= 0.3 is 0 Å². The highest BCUT2D eigenvalue weighted by molar-refractivity contribution is 5.91. The van der Waals surface area contributed by atoms with Crippen molar-refractivity contribution in [2.75, 3.05) is 36.9 Å². The van der Waals surface area contributed by atoms with Gasteiger partial charge < -0.3 is 15.4 Å². The Morgan fingerprint density at radius 3 is 2.73 bits per heavy atom. The zero-order valence-corrected chi connectivity index (χ0v) is 14.7. The smallest absolute Gasteiger partial charge is 0.147 e. The van der Waals surface area contributed by atoms with Gasteiger partial charge in [-0.2, -0.15) is 5.26 Å². The number of ether oxygens (including phenoxy) is 1. The van der Waals surface area contributed by atoms with E-state index < -0.39 is 0 Å². The van der Waals surface area contributed by atoms with Gasteiger partial charge in [-0.25, -0.2) is 4.98 Å². The molecule has 0 aliphatic carbocycles. The van der Waals surface area contributed by atoms with Crippen LogP contribution in [-0.4, -0.2) is 31.3 Å². The molecule has 0 bridgehead atoms. The van der Waals surface area contributed by atoms with Crippen LogP contribution in [0.25, 0.3) is 22.0 Å². The maximum absolute atomic E-state index is 9.47. The van der Waals surface area contributed by atoms with E-state index in [1.54, 1.807) is 0 Å². The molecule has 1 fully saturated rings. The van der Waals surface area contributed by atoms with Crippen LogP contribution in [0.1, 0.15) is 11.1 Å². The van der Waals surface area contributed by atoms with E-state index in [0.29, 0.717) is 24.6 Å². The van der Waals surface area contributed by atoms with E-state index in [1.165, 1.54) is 0 Å². The molecule has 2 aromatic carbocycles. The minimum absolute atomic E-state index is 0.542. The third-order valence-electron chi connectivity index (χ3n) is 4.86. The molecule has 0 amide bonds. The van der Waals surface area contributed by atoms with Crippen LogP contribution < -0.4 is 10.6 Å². The van der Waals surface area contributed by atoms with Crippen molar-refractivity contribution in [2.45, 2.75) is 6.92 Å². The minimum Gasteiger partial charge on any atom is -0.382 e. The molecular formula is C21H20N4O. The molecule has 5 nitrogen and oxygen atoms in total. The van der Waals surface area contributed by atoms with Crippen molar-refractivity contribution >= 4 is 22.4 Å². The van der Waals surface area contributed by atoms with Crippen LogP contribution in [0.2, 0.25) is 0 Å². The average Bonchev–Trinajstić information content (AvgIpc) is 2.67. The monoisotopic (exact) mass is 344 g/mol. The number of nitrogens with two attached hydrogens (primary N) is 1. The molecule has 0 radical (unpaired) electrons. The van der Waals surface area contributed by atoms with Crippen LogP contribution in [0.5, 0.6) is 0 Å². The number of fused-ring (bicyclic) bond motifs is 1. The summed E-state index contributed by atoms with van der Waals surface area (Å²) < 4.78 is 5.43. The number of aromatic nitrogens is 1. The predicted octanol–water partition coefficient (Wildman–Crippen LogP) is 3.50. The summed E-state index contributed by atoms with van der Waals surface area (Å²) in [7, 11) is 0. The molecule has 1 aliphatic rings. The van der Waals surface area contributed by atoms with Crippen LogP contribution in [0.3, 0.4) is 0 Å². The molecule has 26 heavy (non-hydrogen) atoms. The largest absolute Gasteiger partial charge is 0.382 e. The molecule has 1 aromatic heterocycles. The topological polar surface area (TPSA) is 75.2 Å². The first-order valence-electron chi connectivity index (χ1n) is 8.70. The second-order valence-corrected chi connectivity index (χ2v) is 6.51. The fraction of sp³-hybridized carbons (Fsp3) is 0.238. The summed E-state index contributed by atoms with van der Waals surface area (Å²) in [5.74, 6) is 0.542. The van der Waals surface area contributed by atoms with Gasteiger partial charge in [-0.05, 0) is 42.3 Å². The molecular weight excluding hydrogens is 324 g/mol. The number of benzene rings is 2. The Morgan fingerprint density at radius 1 is 1.15 bits per heavy atom. The predicted molar refractivity (Wildman–Crippen MR) is 104 cm³/mol. The number of morpholine rings is 1. The van der Waals surface area contributed by atoms with Crippen LogP contribution in [0, 0.1) is 18.3 Å². The fourth-order valence-corrected chi connectivity index (χ4v) is 3.54. The molecule has 2 N–H and O–H groups in total.